The maximum absolute atomic E-state index is 13.7. The monoisotopic (exact) mass is 573 g/mol. The molecule has 0 aliphatic carbocycles. The molecule has 3 aromatic rings. The lowest BCUT2D eigenvalue weighted by Crippen LogP contribution is -2.40. The number of nitrogen functional groups attached to an aromatic ring is 1. The van der Waals surface area contributed by atoms with E-state index < -0.39 is 23.6 Å². The Balaban J connectivity index is 1.45. The Morgan fingerprint density at radius 1 is 0.976 bits per heavy atom. The summed E-state index contributed by atoms with van der Waals surface area (Å²) in [7, 11) is 0. The number of anilines is 3. The molecule has 0 atom stereocenters. The third-order valence-corrected chi connectivity index (χ3v) is 6.61. The van der Waals surface area contributed by atoms with E-state index in [0.717, 1.165) is 19.2 Å². The summed E-state index contributed by atoms with van der Waals surface area (Å²) in [5.41, 5.74) is 6.26. The molecule has 1 saturated heterocycles. The van der Waals surface area contributed by atoms with Crippen molar-refractivity contribution in [2.24, 2.45) is 0 Å². The summed E-state index contributed by atoms with van der Waals surface area (Å²) in [6, 6.07) is 15.2. The molecular weight excluding hydrogens is 542 g/mol. The number of carbonyl (C=O) groups excluding carboxylic acids is 2. The largest absolute Gasteiger partial charge is 0.419 e. The lowest BCUT2D eigenvalue weighted by atomic mass is 10.1. The van der Waals surface area contributed by atoms with Crippen LogP contribution in [0.5, 0.6) is 0 Å². The topological polar surface area (TPSA) is 99.9 Å². The molecule has 1 aliphatic heterocycles. The SMILES string of the molecule is Nc1ccccc1NC(=O)c1ccc(CN(CCCN2CCOCC2)C(=O)Nc2ccc(F)c(C(F)(F)F)c2)cc1. The van der Waals surface area contributed by atoms with Crippen LogP contribution in [0.2, 0.25) is 0 Å². The average Bonchev–Trinajstić information content (AvgIpc) is 2.95. The number of urea groups is 1. The van der Waals surface area contributed by atoms with Gasteiger partial charge >= 0.3 is 12.2 Å². The molecule has 0 radical (unpaired) electrons. The zero-order valence-corrected chi connectivity index (χ0v) is 22.2. The molecule has 4 N–H and O–H groups in total. The van der Waals surface area contributed by atoms with Crippen LogP contribution in [0, 0.1) is 5.82 Å². The fourth-order valence-corrected chi connectivity index (χ4v) is 4.37. The molecule has 0 spiro atoms. The minimum absolute atomic E-state index is 0.135. The highest BCUT2D eigenvalue weighted by Crippen LogP contribution is 2.33. The molecule has 8 nitrogen and oxygen atoms in total. The van der Waals surface area contributed by atoms with Crippen LogP contribution >= 0.6 is 0 Å². The Kier molecular flexibility index (Phi) is 9.79. The van der Waals surface area contributed by atoms with Crippen molar-refractivity contribution in [2.75, 3.05) is 55.8 Å². The van der Waals surface area contributed by atoms with Gasteiger partial charge in [-0.25, -0.2) is 9.18 Å². The van der Waals surface area contributed by atoms with E-state index in [-0.39, 0.29) is 18.1 Å². The van der Waals surface area contributed by atoms with Crippen molar-refractivity contribution in [3.63, 3.8) is 0 Å². The number of nitrogens with two attached hydrogens (primary N) is 1. The highest BCUT2D eigenvalue weighted by atomic mass is 19.4. The van der Waals surface area contributed by atoms with Crippen LogP contribution in [-0.2, 0) is 17.5 Å². The summed E-state index contributed by atoms with van der Waals surface area (Å²) < 4.78 is 58.6. The first-order valence-electron chi connectivity index (χ1n) is 13.1. The van der Waals surface area contributed by atoms with Crippen LogP contribution < -0.4 is 16.4 Å². The van der Waals surface area contributed by atoms with Crippen molar-refractivity contribution in [3.8, 4) is 0 Å². The number of benzene rings is 3. The number of alkyl halides is 3. The van der Waals surface area contributed by atoms with E-state index in [2.05, 4.69) is 15.5 Å². The Morgan fingerprint density at radius 3 is 2.37 bits per heavy atom. The van der Waals surface area contributed by atoms with Crippen molar-refractivity contribution in [3.05, 3.63) is 89.2 Å². The maximum Gasteiger partial charge on any atom is 0.419 e. The number of nitrogens with zero attached hydrogens (tertiary/aromatic N) is 2. The van der Waals surface area contributed by atoms with Crippen LogP contribution in [0.25, 0.3) is 0 Å². The van der Waals surface area contributed by atoms with Gasteiger partial charge in [-0.3, -0.25) is 9.69 Å². The van der Waals surface area contributed by atoms with Gasteiger partial charge in [-0.1, -0.05) is 24.3 Å². The van der Waals surface area contributed by atoms with E-state index in [0.29, 0.717) is 67.4 Å². The number of morpholine rings is 1. The van der Waals surface area contributed by atoms with Crippen molar-refractivity contribution < 1.29 is 31.9 Å². The van der Waals surface area contributed by atoms with Crippen molar-refractivity contribution in [1.29, 1.82) is 0 Å². The Morgan fingerprint density at radius 2 is 1.68 bits per heavy atom. The van der Waals surface area contributed by atoms with Gasteiger partial charge in [0, 0.05) is 44.0 Å². The predicted molar refractivity (Wildman–Crippen MR) is 148 cm³/mol. The van der Waals surface area contributed by atoms with Gasteiger partial charge in [-0.2, -0.15) is 13.2 Å². The quantitative estimate of drug-likeness (QED) is 0.234. The van der Waals surface area contributed by atoms with E-state index in [1.54, 1.807) is 48.5 Å². The third-order valence-electron chi connectivity index (χ3n) is 6.61. The molecule has 0 aromatic heterocycles. The molecule has 0 saturated carbocycles. The van der Waals surface area contributed by atoms with E-state index in [9.17, 15) is 27.2 Å². The second kappa shape index (κ2) is 13.5. The van der Waals surface area contributed by atoms with Gasteiger partial charge in [-0.05, 0) is 54.4 Å². The number of hydrogen-bond donors (Lipinski definition) is 3. The zero-order valence-electron chi connectivity index (χ0n) is 22.2. The highest BCUT2D eigenvalue weighted by molar-refractivity contribution is 6.05. The molecule has 41 heavy (non-hydrogen) atoms. The van der Waals surface area contributed by atoms with Crippen LogP contribution in [-0.4, -0.2) is 61.1 Å². The van der Waals surface area contributed by atoms with Gasteiger partial charge in [0.2, 0.25) is 0 Å². The molecular formula is C29H31F4N5O3. The number of nitrogens with one attached hydrogen (secondary N) is 2. The molecule has 4 rings (SSSR count). The Labute approximate surface area is 235 Å². The standard InChI is InChI=1S/C29H31F4N5O3/c30-24-11-10-22(18-23(24)29(31,32)33)35-28(40)38(13-3-12-37-14-16-41-17-15-37)19-20-6-8-21(9-7-20)27(39)36-26-5-2-1-4-25(26)34/h1-2,4-11,18H,3,12-17,19,34H2,(H,35,40)(H,36,39). The highest BCUT2D eigenvalue weighted by Gasteiger charge is 2.34. The number of para-hydroxylation sites is 2. The van der Waals surface area contributed by atoms with E-state index in [4.69, 9.17) is 10.5 Å². The van der Waals surface area contributed by atoms with Crippen LogP contribution in [0.3, 0.4) is 0 Å². The third kappa shape index (κ3) is 8.41. The van der Waals surface area contributed by atoms with E-state index >= 15 is 0 Å². The molecule has 1 aliphatic rings. The average molecular weight is 574 g/mol. The summed E-state index contributed by atoms with van der Waals surface area (Å²) in [5, 5.41) is 5.21. The van der Waals surface area contributed by atoms with Crippen LogP contribution in [0.1, 0.15) is 27.9 Å². The number of carbonyl (C=O) groups is 2. The lowest BCUT2D eigenvalue weighted by Gasteiger charge is -2.28. The summed E-state index contributed by atoms with van der Waals surface area (Å²) in [6.45, 7) is 3.98. The van der Waals surface area contributed by atoms with E-state index in [1.165, 1.54) is 4.90 Å². The van der Waals surface area contributed by atoms with E-state index in [1.807, 2.05) is 0 Å². The van der Waals surface area contributed by atoms with Gasteiger partial charge < -0.3 is 26.0 Å². The Bertz CT molecular complexity index is 1350. The van der Waals surface area contributed by atoms with Gasteiger partial charge in [0.25, 0.3) is 5.91 Å². The molecule has 1 fully saturated rings. The molecule has 0 unspecified atom stereocenters. The number of ether oxygens (including phenoxy) is 1. The van der Waals surface area contributed by atoms with Crippen molar-refractivity contribution in [1.82, 2.24) is 9.80 Å². The first kappa shape index (κ1) is 29.8. The predicted octanol–water partition coefficient (Wildman–Crippen LogP) is 5.44. The minimum atomic E-state index is -4.90. The normalized spacial score (nSPS) is 14.0. The Hall–Kier alpha value is -4.16. The first-order chi connectivity index (χ1) is 19.6. The molecule has 3 amide bonds. The molecule has 1 heterocycles. The van der Waals surface area contributed by atoms with Gasteiger partial charge in [0.05, 0.1) is 30.2 Å². The van der Waals surface area contributed by atoms with Crippen molar-refractivity contribution >= 4 is 29.0 Å². The first-order valence-corrected chi connectivity index (χ1v) is 13.1. The lowest BCUT2D eigenvalue weighted by molar-refractivity contribution is -0.139. The summed E-state index contributed by atoms with van der Waals surface area (Å²) in [5.74, 6) is -1.77. The molecule has 3 aromatic carbocycles. The summed E-state index contributed by atoms with van der Waals surface area (Å²) in [4.78, 5) is 29.5. The van der Waals surface area contributed by atoms with Crippen molar-refractivity contribution in [2.45, 2.75) is 19.1 Å². The molecule has 12 heteroatoms. The van der Waals surface area contributed by atoms with Crippen LogP contribution in [0.15, 0.2) is 66.7 Å². The number of hydrogen-bond acceptors (Lipinski definition) is 5. The minimum Gasteiger partial charge on any atom is -0.397 e. The molecule has 0 bridgehead atoms. The van der Waals surface area contributed by atoms with Crippen LogP contribution in [0.4, 0.5) is 39.4 Å². The second-order valence-electron chi connectivity index (χ2n) is 9.59. The fraction of sp³-hybridized carbons (Fsp3) is 0.310. The van der Waals surface area contributed by atoms with Gasteiger partial charge in [-0.15, -0.1) is 0 Å². The van der Waals surface area contributed by atoms with Gasteiger partial charge in [0.1, 0.15) is 5.82 Å². The van der Waals surface area contributed by atoms with Gasteiger partial charge in [0.15, 0.2) is 0 Å². The molecule has 218 valence electrons. The number of halogens is 4. The summed E-state index contributed by atoms with van der Waals surface area (Å²) >= 11 is 0. The maximum atomic E-state index is 13.7. The number of amides is 3. The fourth-order valence-electron chi connectivity index (χ4n) is 4.37. The smallest absolute Gasteiger partial charge is 0.397 e. The summed E-state index contributed by atoms with van der Waals surface area (Å²) in [6.07, 6.45) is -4.29. The second-order valence-corrected chi connectivity index (χ2v) is 9.59. The zero-order chi connectivity index (χ0) is 29.4. The number of rotatable bonds is 9.